The molecule has 0 atom stereocenters. The van der Waals surface area contributed by atoms with Crippen molar-refractivity contribution in [3.63, 3.8) is 0 Å². The standard InChI is InChI=1S/C34H19ClN2O.4C22H11ClN2S/c35-24-13-16-30-29(19-24)33-34(38-30)37-32-28-18-23(21-9-5-2-6-10-21)12-15-26(28)25-14-11-22(17-27(25)31(32)36-33)20-7-3-1-4-8-20;23-16-10-5-11-17-18(16)21-22(26-17)25-20-15-9-4-2-7-13(15)12-6-1-3-8-14(12)19(20)24-21;23-17-11-5-10-16-20-22(26-21(16)17)25-19-15-9-4-2-7-13(15)12-6-1-3-8-14(12)18(19)24-20;23-12-9-10-18-17(11-12)21-22(26-18)25-20-16-8-4-2-6-14(16)13-5-1-3-7-15(13)19(20)24-21;23-12-9-10-17-18(11-12)26-22-21(17)24-19-15-7-3-1-5-13(15)14-6-2-4-8-16(14)20(19)25-22/h1-19H;4*1-11H. The van der Waals surface area contributed by atoms with Crippen molar-refractivity contribution in [2.45, 2.75) is 0 Å². The van der Waals surface area contributed by atoms with Gasteiger partial charge in [-0.2, -0.15) is 0 Å². The molecule has 0 saturated carbocycles. The molecule has 10 aromatic heterocycles. The van der Waals surface area contributed by atoms with Gasteiger partial charge >= 0.3 is 0 Å². The molecule has 20 heteroatoms. The maximum absolute atomic E-state index is 6.48. The van der Waals surface area contributed by atoms with E-state index in [9.17, 15) is 0 Å². The van der Waals surface area contributed by atoms with Gasteiger partial charge in [0.2, 0.25) is 5.71 Å². The van der Waals surface area contributed by atoms with Crippen molar-refractivity contribution < 1.29 is 4.42 Å². The third-order valence-electron chi connectivity index (χ3n) is 27.0. The third kappa shape index (κ3) is 13.8. The topological polar surface area (TPSA) is 142 Å². The SMILES string of the molecule is Clc1ccc2c(c1)sc1nc3c4ccccc4c4ccccc4c3nc12.Clc1ccc2oc3nc4c5cc(-c6ccccc6)ccc5c5ccc(-c6ccccc6)cc5c4nc3c2c1.Clc1ccc2sc3nc4c5ccccc5c5ccccc5c4nc3c2c1.Clc1cccc2c1sc1nc3c4ccccc4c4ccccc4c3nc12.Clc1cccc2sc3nc4c5ccccc5c5ccccc5c4nc3c12. The predicted octanol–water partition coefficient (Wildman–Crippen LogP) is 37.7. The molecule has 10 heterocycles. The average molecular weight is 1990 g/mol. The fraction of sp³-hybridized carbons (Fsp3) is 0. The zero-order valence-electron chi connectivity index (χ0n) is 74.3. The molecule has 22 aromatic carbocycles. The lowest BCUT2D eigenvalue weighted by molar-refractivity contribution is 0.655. The Hall–Kier alpha value is -15.7. The monoisotopic (exact) mass is 1990 g/mol. The number of aromatic nitrogens is 10. The highest BCUT2D eigenvalue weighted by Crippen LogP contribution is 2.48. The van der Waals surface area contributed by atoms with Crippen LogP contribution in [-0.2, 0) is 0 Å². The van der Waals surface area contributed by atoms with E-state index in [0.717, 1.165) is 260 Å². The Labute approximate surface area is 846 Å². The second-order valence-electron chi connectivity index (χ2n) is 35.2. The number of hydrogen-bond donors (Lipinski definition) is 0. The van der Waals surface area contributed by atoms with Crippen LogP contribution in [0, 0.1) is 0 Å². The van der Waals surface area contributed by atoms with Crippen molar-refractivity contribution in [1.29, 1.82) is 0 Å². The summed E-state index contributed by atoms with van der Waals surface area (Å²) in [4.78, 5) is 54.5. The van der Waals surface area contributed by atoms with Crippen molar-refractivity contribution in [2.75, 3.05) is 0 Å². The van der Waals surface area contributed by atoms with E-state index in [4.69, 9.17) is 112 Å². The van der Waals surface area contributed by atoms with Gasteiger partial charge in [0.1, 0.15) is 58.0 Å². The summed E-state index contributed by atoms with van der Waals surface area (Å²) in [5.74, 6) is 0. The molecule has 666 valence electrons. The Morgan fingerprint density at radius 1 is 0.169 bits per heavy atom. The molecule has 0 spiro atoms. The van der Waals surface area contributed by atoms with E-state index in [1.165, 1.54) is 43.1 Å². The molecule has 0 N–H and O–H groups in total. The Morgan fingerprint density at radius 3 is 0.958 bits per heavy atom. The molecule has 32 rings (SSSR count). The Bertz CT molecular complexity index is 10900. The predicted molar refractivity (Wildman–Crippen MR) is 608 cm³/mol. The fourth-order valence-electron chi connectivity index (χ4n) is 20.6. The smallest absolute Gasteiger partial charge is 0.246 e. The lowest BCUT2D eigenvalue weighted by atomic mass is 9.93. The van der Waals surface area contributed by atoms with E-state index < -0.39 is 0 Å². The Kier molecular flexibility index (Phi) is 20.1. The number of rotatable bonds is 2. The first-order valence-corrected chi connectivity index (χ1v) is 51.2. The molecule has 11 nitrogen and oxygen atoms in total. The molecule has 0 amide bonds. The summed E-state index contributed by atoms with van der Waals surface area (Å²) in [6, 6.07) is 131. The number of nitrogens with zero attached hydrogens (tertiary/aromatic N) is 10. The Balaban J connectivity index is 0.0000000875. The second kappa shape index (κ2) is 33.8. The summed E-state index contributed by atoms with van der Waals surface area (Å²) in [7, 11) is 0. The third-order valence-corrected chi connectivity index (χ3v) is 32.7. The molecule has 32 aromatic rings. The van der Waals surface area contributed by atoms with Gasteiger partial charge in [-0.3, -0.25) is 0 Å². The van der Waals surface area contributed by atoms with Gasteiger partial charge in [-0.1, -0.05) is 355 Å². The van der Waals surface area contributed by atoms with Gasteiger partial charge in [0, 0.05) is 105 Å². The molecule has 0 radical (unpaired) electrons. The fourth-order valence-corrected chi connectivity index (χ4v) is 25.9. The first-order chi connectivity index (χ1) is 69.9. The summed E-state index contributed by atoms with van der Waals surface area (Å²) in [6.45, 7) is 0. The number of benzene rings is 22. The van der Waals surface area contributed by atoms with Gasteiger partial charge < -0.3 is 4.42 Å². The molecule has 142 heavy (non-hydrogen) atoms. The van der Waals surface area contributed by atoms with Gasteiger partial charge in [-0.05, 0) is 161 Å². The minimum Gasteiger partial charge on any atom is -0.436 e. The molecule has 0 aliphatic carbocycles. The molecular weight excluding hydrogens is 1930 g/mol. The van der Waals surface area contributed by atoms with Crippen molar-refractivity contribution in [3.8, 4) is 22.3 Å². The quantitative estimate of drug-likeness (QED) is 0.153. The van der Waals surface area contributed by atoms with Crippen LogP contribution in [0.25, 0.3) is 289 Å². The van der Waals surface area contributed by atoms with Crippen LogP contribution in [0.1, 0.15) is 0 Å². The van der Waals surface area contributed by atoms with Crippen molar-refractivity contribution in [3.05, 3.63) is 407 Å². The number of halogens is 5. The van der Waals surface area contributed by atoms with Crippen molar-refractivity contribution >= 4 is 370 Å². The largest absolute Gasteiger partial charge is 0.436 e. The van der Waals surface area contributed by atoms with Crippen LogP contribution in [0.2, 0.25) is 25.1 Å². The van der Waals surface area contributed by atoms with Crippen LogP contribution in [0.15, 0.2) is 387 Å². The molecule has 0 unspecified atom stereocenters. The molecular formula is C122H63Cl5N10OS4. The molecule has 0 bridgehead atoms. The second-order valence-corrected chi connectivity index (χ2v) is 41.4. The highest BCUT2D eigenvalue weighted by Gasteiger charge is 2.25. The normalized spacial score (nSPS) is 12.0. The molecule has 0 saturated heterocycles. The van der Waals surface area contributed by atoms with Crippen LogP contribution >= 0.6 is 103 Å². The van der Waals surface area contributed by atoms with E-state index in [-0.39, 0.29) is 0 Å². The van der Waals surface area contributed by atoms with Gasteiger partial charge in [-0.15, -0.1) is 45.3 Å². The summed E-state index contributed by atoms with van der Waals surface area (Å²) < 4.78 is 10.6. The summed E-state index contributed by atoms with van der Waals surface area (Å²) in [5.41, 5.74) is 19.6. The molecule has 0 aliphatic rings. The van der Waals surface area contributed by atoms with Crippen LogP contribution in [0.5, 0.6) is 0 Å². The van der Waals surface area contributed by atoms with E-state index in [0.29, 0.717) is 10.7 Å². The zero-order valence-corrected chi connectivity index (χ0v) is 81.3. The average Bonchev–Trinajstić information content (AvgIpc) is 1.45. The number of hydrogen-bond acceptors (Lipinski definition) is 15. The Morgan fingerprint density at radius 2 is 0.486 bits per heavy atom. The summed E-state index contributed by atoms with van der Waals surface area (Å²) >= 11 is 38.2. The molecule has 0 fully saturated rings. The first kappa shape index (κ1) is 84.3. The van der Waals surface area contributed by atoms with Gasteiger partial charge in [0.15, 0.2) is 0 Å². The lowest BCUT2D eigenvalue weighted by Crippen LogP contribution is -1.91. The van der Waals surface area contributed by atoms with Crippen molar-refractivity contribution in [1.82, 2.24) is 49.8 Å². The zero-order chi connectivity index (χ0) is 94.2. The highest BCUT2D eigenvalue weighted by molar-refractivity contribution is 7.27. The van der Waals surface area contributed by atoms with Crippen LogP contribution in [0.4, 0.5) is 0 Å². The van der Waals surface area contributed by atoms with Crippen LogP contribution in [-0.4, -0.2) is 49.8 Å². The lowest BCUT2D eigenvalue weighted by Gasteiger charge is -2.12. The maximum atomic E-state index is 6.48. The van der Waals surface area contributed by atoms with E-state index in [1.54, 1.807) is 45.3 Å². The minimum absolute atomic E-state index is 0.514. The van der Waals surface area contributed by atoms with Crippen LogP contribution in [0.3, 0.4) is 0 Å². The maximum Gasteiger partial charge on any atom is 0.246 e. The van der Waals surface area contributed by atoms with Gasteiger partial charge in [-0.25, -0.2) is 49.8 Å². The summed E-state index contributed by atoms with van der Waals surface area (Å²) in [5, 5.41) is 31.9. The minimum atomic E-state index is 0.514. The van der Waals surface area contributed by atoms with Gasteiger partial charge in [0.05, 0.1) is 69.8 Å². The van der Waals surface area contributed by atoms with Crippen LogP contribution < -0.4 is 0 Å². The van der Waals surface area contributed by atoms with Crippen molar-refractivity contribution in [2.24, 2.45) is 0 Å². The van der Waals surface area contributed by atoms with E-state index >= 15 is 0 Å². The summed E-state index contributed by atoms with van der Waals surface area (Å²) in [6.07, 6.45) is 0. The number of thiophene rings is 4. The first-order valence-electron chi connectivity index (χ1n) is 46.1. The van der Waals surface area contributed by atoms with E-state index in [2.05, 4.69) is 291 Å². The highest BCUT2D eigenvalue weighted by atomic mass is 35.5. The van der Waals surface area contributed by atoms with E-state index in [1.807, 2.05) is 91.0 Å². The molecule has 0 aliphatic heterocycles. The number of furan rings is 1. The van der Waals surface area contributed by atoms with Gasteiger partial charge in [0.25, 0.3) is 0 Å². The number of fused-ring (bicyclic) bond motifs is 45.